The molecule has 0 bridgehead atoms. The summed E-state index contributed by atoms with van der Waals surface area (Å²) in [5.41, 5.74) is 23.8. The number of aliphatic hydroxyl groups excluding tert-OH is 6. The Morgan fingerprint density at radius 1 is 0.774 bits per heavy atom. The van der Waals surface area contributed by atoms with E-state index < -0.39 is 91.9 Å². The molecule has 3 fully saturated rings. The van der Waals surface area contributed by atoms with Crippen LogP contribution in [0.2, 0.25) is 0 Å². The van der Waals surface area contributed by atoms with Crippen molar-refractivity contribution in [2.75, 3.05) is 13.2 Å². The fraction of sp³-hybridized carbons (Fsp3) is 1.00. The van der Waals surface area contributed by atoms with E-state index in [1.165, 1.54) is 0 Å². The van der Waals surface area contributed by atoms with Gasteiger partial charge in [-0.05, 0) is 12.8 Å². The third kappa shape index (κ3) is 4.89. The molecule has 0 aromatic carbocycles. The molecule has 0 aromatic rings. The minimum absolute atomic E-state index is 0.0295. The van der Waals surface area contributed by atoms with Crippen molar-refractivity contribution in [2.45, 2.75) is 92.2 Å². The highest BCUT2D eigenvalue weighted by Gasteiger charge is 2.50. The standard InChI is InChI=1S/C18H36N4O9/c19-3-9-14(26)13(25)8(29-9)1-5-6(20)2-7(21)17(12(5)24)31-18-11(22)16(28)15(27)10(4-23)30-18/h5-18,23-28H,1-4,19-22H2/t5?,6-,7?,8+,9-,10?,11?,12?,13?,14?,15-,16?,17-,18-/m1/s1. The summed E-state index contributed by atoms with van der Waals surface area (Å²) in [5, 5.41) is 60.7. The highest BCUT2D eigenvalue weighted by Crippen LogP contribution is 2.35. The lowest BCUT2D eigenvalue weighted by molar-refractivity contribution is -0.292. The summed E-state index contributed by atoms with van der Waals surface area (Å²) in [5.74, 6) is -0.600. The first kappa shape index (κ1) is 25.1. The molecule has 2 aliphatic heterocycles. The van der Waals surface area contributed by atoms with Gasteiger partial charge in [0.25, 0.3) is 0 Å². The Bertz CT molecular complexity index is 590. The van der Waals surface area contributed by atoms with Crippen molar-refractivity contribution in [1.29, 1.82) is 0 Å². The number of nitrogens with two attached hydrogens (primary N) is 4. The highest BCUT2D eigenvalue weighted by atomic mass is 16.7. The Morgan fingerprint density at radius 3 is 1.97 bits per heavy atom. The van der Waals surface area contributed by atoms with E-state index in [2.05, 4.69) is 0 Å². The molecule has 1 aliphatic carbocycles. The summed E-state index contributed by atoms with van der Waals surface area (Å²) >= 11 is 0. The second kappa shape index (κ2) is 10.2. The van der Waals surface area contributed by atoms with Crippen LogP contribution >= 0.6 is 0 Å². The minimum atomic E-state index is -1.41. The summed E-state index contributed by atoms with van der Waals surface area (Å²) in [6.07, 6.45) is -10.8. The van der Waals surface area contributed by atoms with Crippen molar-refractivity contribution in [1.82, 2.24) is 0 Å². The van der Waals surface area contributed by atoms with Gasteiger partial charge in [-0.3, -0.25) is 0 Å². The lowest BCUT2D eigenvalue weighted by atomic mass is 9.75. The van der Waals surface area contributed by atoms with Crippen LogP contribution in [0.5, 0.6) is 0 Å². The van der Waals surface area contributed by atoms with Crippen molar-refractivity contribution in [3.8, 4) is 0 Å². The summed E-state index contributed by atoms with van der Waals surface area (Å²) in [6, 6.07) is -2.37. The van der Waals surface area contributed by atoms with Gasteiger partial charge in [0.2, 0.25) is 0 Å². The van der Waals surface area contributed by atoms with Crippen LogP contribution in [0.25, 0.3) is 0 Å². The van der Waals surface area contributed by atoms with Gasteiger partial charge in [0, 0.05) is 24.5 Å². The summed E-state index contributed by atoms with van der Waals surface area (Å²) in [6.45, 7) is -0.541. The molecule has 0 aromatic heterocycles. The maximum absolute atomic E-state index is 11.0. The van der Waals surface area contributed by atoms with Gasteiger partial charge < -0.3 is 67.8 Å². The fourth-order valence-corrected chi connectivity index (χ4v) is 4.73. The summed E-state index contributed by atoms with van der Waals surface area (Å²) in [7, 11) is 0. The van der Waals surface area contributed by atoms with Crippen LogP contribution in [0.4, 0.5) is 0 Å². The maximum atomic E-state index is 11.0. The van der Waals surface area contributed by atoms with Crippen LogP contribution in [-0.2, 0) is 14.2 Å². The molecule has 2 saturated heterocycles. The van der Waals surface area contributed by atoms with E-state index >= 15 is 0 Å². The van der Waals surface area contributed by atoms with Crippen LogP contribution in [-0.4, -0.2) is 123 Å². The predicted molar refractivity (Wildman–Crippen MR) is 105 cm³/mol. The molecule has 13 nitrogen and oxygen atoms in total. The first-order valence-electron chi connectivity index (χ1n) is 10.5. The molecule has 3 aliphatic rings. The van der Waals surface area contributed by atoms with Gasteiger partial charge in [0.15, 0.2) is 6.29 Å². The maximum Gasteiger partial charge on any atom is 0.176 e. The Labute approximate surface area is 179 Å². The molecular weight excluding hydrogens is 416 g/mol. The molecule has 3 rings (SSSR count). The quantitative estimate of drug-likeness (QED) is 0.180. The van der Waals surface area contributed by atoms with E-state index in [0.29, 0.717) is 0 Å². The zero-order chi connectivity index (χ0) is 23.0. The van der Waals surface area contributed by atoms with Gasteiger partial charge in [-0.15, -0.1) is 0 Å². The van der Waals surface area contributed by atoms with Gasteiger partial charge in [-0.2, -0.15) is 0 Å². The second-order valence-corrected chi connectivity index (χ2v) is 8.77. The van der Waals surface area contributed by atoms with E-state index in [-0.39, 0.29) is 19.4 Å². The van der Waals surface area contributed by atoms with Gasteiger partial charge in [0.05, 0.1) is 31.0 Å². The molecule has 2 heterocycles. The SMILES string of the molecule is NC[C@H]1O[C@@H](CC2C(O)[C@H](O[C@H]3OC(CO)[C@@H](O)C(O)C3N)C(N)C[C@H]2N)C(O)C1O. The number of ether oxygens (including phenoxy) is 3. The lowest BCUT2D eigenvalue weighted by Gasteiger charge is -2.47. The van der Waals surface area contributed by atoms with Gasteiger partial charge >= 0.3 is 0 Å². The summed E-state index contributed by atoms with van der Waals surface area (Å²) < 4.78 is 16.9. The monoisotopic (exact) mass is 452 g/mol. The van der Waals surface area contributed by atoms with Gasteiger partial charge in [-0.25, -0.2) is 0 Å². The third-order valence-corrected chi connectivity index (χ3v) is 6.71. The zero-order valence-electron chi connectivity index (χ0n) is 17.1. The van der Waals surface area contributed by atoms with Crippen LogP contribution in [0.15, 0.2) is 0 Å². The van der Waals surface area contributed by atoms with Gasteiger partial charge in [0.1, 0.15) is 36.6 Å². The number of aliphatic hydroxyl groups is 6. The van der Waals surface area contributed by atoms with Crippen molar-refractivity contribution < 1.29 is 44.8 Å². The minimum Gasteiger partial charge on any atom is -0.394 e. The fourth-order valence-electron chi connectivity index (χ4n) is 4.73. The van der Waals surface area contributed by atoms with Crippen LogP contribution in [0, 0.1) is 5.92 Å². The highest BCUT2D eigenvalue weighted by molar-refractivity contribution is 5.02. The Morgan fingerprint density at radius 2 is 1.39 bits per heavy atom. The molecule has 13 heteroatoms. The molecule has 31 heavy (non-hydrogen) atoms. The third-order valence-electron chi connectivity index (χ3n) is 6.71. The molecule has 0 amide bonds. The Balaban J connectivity index is 1.70. The molecular formula is C18H36N4O9. The topological polar surface area (TPSA) is 253 Å². The van der Waals surface area contributed by atoms with Crippen LogP contribution in [0.3, 0.4) is 0 Å². The van der Waals surface area contributed by atoms with E-state index in [0.717, 1.165) is 0 Å². The lowest BCUT2D eigenvalue weighted by Crippen LogP contribution is -2.66. The summed E-state index contributed by atoms with van der Waals surface area (Å²) in [4.78, 5) is 0. The second-order valence-electron chi connectivity index (χ2n) is 8.77. The van der Waals surface area contributed by atoms with Crippen LogP contribution in [0.1, 0.15) is 12.8 Å². The van der Waals surface area contributed by atoms with Crippen molar-refractivity contribution >= 4 is 0 Å². The molecule has 0 spiro atoms. The molecule has 182 valence electrons. The Hall–Kier alpha value is -0.520. The van der Waals surface area contributed by atoms with Gasteiger partial charge in [-0.1, -0.05) is 0 Å². The number of rotatable bonds is 6. The first-order valence-corrected chi connectivity index (χ1v) is 10.5. The van der Waals surface area contributed by atoms with Crippen molar-refractivity contribution in [3.63, 3.8) is 0 Å². The number of hydrogen-bond donors (Lipinski definition) is 10. The van der Waals surface area contributed by atoms with Crippen LogP contribution < -0.4 is 22.9 Å². The average molecular weight is 453 g/mol. The predicted octanol–water partition coefficient (Wildman–Crippen LogP) is -5.99. The molecule has 0 radical (unpaired) electrons. The van der Waals surface area contributed by atoms with E-state index in [9.17, 15) is 30.6 Å². The normalized spacial score (nSPS) is 53.6. The zero-order valence-corrected chi connectivity index (χ0v) is 17.1. The first-order chi connectivity index (χ1) is 14.6. The number of hydrogen-bond acceptors (Lipinski definition) is 13. The molecule has 14 N–H and O–H groups in total. The van der Waals surface area contributed by atoms with E-state index in [4.69, 9.17) is 37.1 Å². The van der Waals surface area contributed by atoms with E-state index in [1.807, 2.05) is 0 Å². The Kier molecular flexibility index (Phi) is 8.24. The van der Waals surface area contributed by atoms with Crippen molar-refractivity contribution in [3.05, 3.63) is 0 Å². The largest absolute Gasteiger partial charge is 0.394 e. The average Bonchev–Trinajstić information content (AvgIpc) is 3.01. The molecule has 1 saturated carbocycles. The van der Waals surface area contributed by atoms with E-state index in [1.54, 1.807) is 0 Å². The van der Waals surface area contributed by atoms with Crippen molar-refractivity contribution in [2.24, 2.45) is 28.9 Å². The molecule has 14 atom stereocenters. The smallest absolute Gasteiger partial charge is 0.176 e. The molecule has 8 unspecified atom stereocenters.